The molecule has 2 aromatic rings. The molecular formula is C23H32N6O2. The molecule has 0 unspecified atom stereocenters. The van der Waals surface area contributed by atoms with E-state index in [0.717, 1.165) is 77.4 Å². The lowest BCUT2D eigenvalue weighted by atomic mass is 9.81. The number of pyridine rings is 1. The normalized spacial score (nSPS) is 24.5. The zero-order chi connectivity index (χ0) is 21.3. The zero-order valence-electron chi connectivity index (χ0n) is 18.3. The molecule has 1 amide bonds. The Balaban J connectivity index is 1.16. The first-order valence-corrected chi connectivity index (χ1v) is 11.4. The minimum Gasteiger partial charge on any atom is -0.375 e. The number of aryl methyl sites for hydroxylation is 1. The van der Waals surface area contributed by atoms with E-state index in [-0.39, 0.29) is 11.5 Å². The van der Waals surface area contributed by atoms with Crippen molar-refractivity contribution in [2.24, 2.45) is 7.05 Å². The minimum atomic E-state index is -0.0791. The summed E-state index contributed by atoms with van der Waals surface area (Å²) in [6.45, 7) is 6.52. The van der Waals surface area contributed by atoms with Crippen LogP contribution in [0.25, 0.3) is 0 Å². The van der Waals surface area contributed by atoms with E-state index in [9.17, 15) is 4.79 Å². The van der Waals surface area contributed by atoms with E-state index < -0.39 is 0 Å². The number of amides is 1. The number of ether oxygens (including phenoxy) is 1. The van der Waals surface area contributed by atoms with Gasteiger partial charge in [0.15, 0.2) is 0 Å². The number of aromatic nitrogens is 3. The summed E-state index contributed by atoms with van der Waals surface area (Å²) in [5, 5.41) is 4.13. The molecule has 5 rings (SSSR count). The molecule has 31 heavy (non-hydrogen) atoms. The van der Waals surface area contributed by atoms with Crippen molar-refractivity contribution in [3.63, 3.8) is 0 Å². The predicted octanol–water partition coefficient (Wildman–Crippen LogP) is 1.79. The van der Waals surface area contributed by atoms with Crippen LogP contribution in [-0.2, 0) is 11.8 Å². The topological polar surface area (TPSA) is 66.7 Å². The molecule has 166 valence electrons. The Labute approximate surface area is 183 Å². The number of carbonyl (C=O) groups excluding carboxylic acids is 1. The van der Waals surface area contributed by atoms with Gasteiger partial charge in [0.2, 0.25) is 0 Å². The largest absolute Gasteiger partial charge is 0.375 e. The Morgan fingerprint density at radius 2 is 1.87 bits per heavy atom. The number of hydrogen-bond acceptors (Lipinski definition) is 6. The van der Waals surface area contributed by atoms with Crippen molar-refractivity contribution >= 4 is 11.7 Å². The third-order valence-electron chi connectivity index (χ3n) is 7.27. The lowest BCUT2D eigenvalue weighted by Gasteiger charge is -2.49. The van der Waals surface area contributed by atoms with Crippen LogP contribution in [0.4, 0.5) is 5.82 Å². The molecule has 5 heterocycles. The fourth-order valence-corrected chi connectivity index (χ4v) is 5.38. The molecule has 8 nitrogen and oxygen atoms in total. The van der Waals surface area contributed by atoms with Crippen molar-refractivity contribution in [2.45, 2.75) is 37.3 Å². The van der Waals surface area contributed by atoms with Gasteiger partial charge in [0, 0.05) is 71.4 Å². The van der Waals surface area contributed by atoms with Gasteiger partial charge in [-0.25, -0.2) is 4.98 Å². The number of piperazine rings is 1. The summed E-state index contributed by atoms with van der Waals surface area (Å²) in [5.74, 6) is 1.16. The van der Waals surface area contributed by atoms with E-state index >= 15 is 0 Å². The fraction of sp³-hybridized carbons (Fsp3) is 0.609. The highest BCUT2D eigenvalue weighted by Crippen LogP contribution is 2.37. The molecule has 0 bridgehead atoms. The number of piperidine rings is 1. The van der Waals surface area contributed by atoms with Gasteiger partial charge in [-0.1, -0.05) is 6.07 Å². The van der Waals surface area contributed by atoms with Crippen molar-refractivity contribution in [3.05, 3.63) is 42.4 Å². The standard InChI is InChI=1S/C23H32N6O2/c1-26-20(5-10-25-26)22(30)29-11-7-23(8-12-29)18-19(6-17-31-23)27-13-15-28(16-14-27)21-4-2-3-9-24-21/h2-5,9-10,19H,6-8,11-18H2,1H3/t19-/m0/s1. The Morgan fingerprint density at radius 1 is 1.06 bits per heavy atom. The van der Waals surface area contributed by atoms with Crippen LogP contribution in [0.1, 0.15) is 36.2 Å². The summed E-state index contributed by atoms with van der Waals surface area (Å²) >= 11 is 0. The van der Waals surface area contributed by atoms with Crippen LogP contribution in [0.3, 0.4) is 0 Å². The number of anilines is 1. The maximum atomic E-state index is 12.8. The number of carbonyl (C=O) groups is 1. The molecule has 0 saturated carbocycles. The quantitative estimate of drug-likeness (QED) is 0.749. The van der Waals surface area contributed by atoms with Crippen LogP contribution in [0.15, 0.2) is 36.7 Å². The minimum absolute atomic E-state index is 0.0767. The van der Waals surface area contributed by atoms with Gasteiger partial charge in [-0.2, -0.15) is 5.10 Å². The first-order valence-electron chi connectivity index (χ1n) is 11.4. The molecular weight excluding hydrogens is 392 g/mol. The van der Waals surface area contributed by atoms with Crippen LogP contribution < -0.4 is 4.90 Å². The molecule has 3 aliphatic rings. The second-order valence-electron chi connectivity index (χ2n) is 9.02. The van der Waals surface area contributed by atoms with E-state index in [1.54, 1.807) is 16.9 Å². The van der Waals surface area contributed by atoms with E-state index in [1.807, 2.05) is 24.2 Å². The second-order valence-corrected chi connectivity index (χ2v) is 9.02. The van der Waals surface area contributed by atoms with Crippen LogP contribution in [0, 0.1) is 0 Å². The van der Waals surface area contributed by atoms with Gasteiger partial charge in [-0.3, -0.25) is 14.4 Å². The maximum Gasteiger partial charge on any atom is 0.272 e. The Bertz CT molecular complexity index is 884. The molecule has 0 radical (unpaired) electrons. The van der Waals surface area contributed by atoms with Crippen molar-refractivity contribution < 1.29 is 9.53 Å². The number of likely N-dealkylation sites (tertiary alicyclic amines) is 1. The monoisotopic (exact) mass is 424 g/mol. The molecule has 0 aliphatic carbocycles. The molecule has 0 N–H and O–H groups in total. The molecule has 8 heteroatoms. The zero-order valence-corrected chi connectivity index (χ0v) is 18.3. The van der Waals surface area contributed by atoms with Crippen LogP contribution in [0.5, 0.6) is 0 Å². The average molecular weight is 425 g/mol. The predicted molar refractivity (Wildman–Crippen MR) is 118 cm³/mol. The first-order chi connectivity index (χ1) is 15.1. The lowest BCUT2D eigenvalue weighted by Crippen LogP contribution is -2.57. The third-order valence-corrected chi connectivity index (χ3v) is 7.27. The highest BCUT2D eigenvalue weighted by atomic mass is 16.5. The van der Waals surface area contributed by atoms with Crippen molar-refractivity contribution in [1.29, 1.82) is 0 Å². The molecule has 3 aliphatic heterocycles. The summed E-state index contributed by atoms with van der Waals surface area (Å²) < 4.78 is 8.02. The van der Waals surface area contributed by atoms with E-state index in [4.69, 9.17) is 4.74 Å². The Kier molecular flexibility index (Phi) is 5.67. The molecule has 3 fully saturated rings. The van der Waals surface area contributed by atoms with Gasteiger partial charge in [0.05, 0.1) is 5.60 Å². The summed E-state index contributed by atoms with van der Waals surface area (Å²) in [6, 6.07) is 8.49. The Hall–Kier alpha value is -2.45. The van der Waals surface area contributed by atoms with Crippen LogP contribution in [0.2, 0.25) is 0 Å². The van der Waals surface area contributed by atoms with Gasteiger partial charge >= 0.3 is 0 Å². The van der Waals surface area contributed by atoms with Crippen LogP contribution >= 0.6 is 0 Å². The summed E-state index contributed by atoms with van der Waals surface area (Å²) in [6.07, 6.45) is 7.56. The summed E-state index contributed by atoms with van der Waals surface area (Å²) in [7, 11) is 1.82. The highest BCUT2D eigenvalue weighted by Gasteiger charge is 2.43. The molecule has 0 aromatic carbocycles. The van der Waals surface area contributed by atoms with Crippen molar-refractivity contribution in [3.8, 4) is 0 Å². The highest BCUT2D eigenvalue weighted by molar-refractivity contribution is 5.92. The number of rotatable bonds is 3. The summed E-state index contributed by atoms with van der Waals surface area (Å²) in [4.78, 5) is 24.3. The van der Waals surface area contributed by atoms with Crippen molar-refractivity contribution in [2.75, 3.05) is 50.8 Å². The maximum absolute atomic E-state index is 12.8. The van der Waals surface area contributed by atoms with Crippen molar-refractivity contribution in [1.82, 2.24) is 24.6 Å². The van der Waals surface area contributed by atoms with E-state index in [1.165, 1.54) is 0 Å². The fourth-order valence-electron chi connectivity index (χ4n) is 5.38. The molecule has 2 aromatic heterocycles. The van der Waals surface area contributed by atoms with Crippen LogP contribution in [-0.4, -0.2) is 88.0 Å². The van der Waals surface area contributed by atoms with Gasteiger partial charge in [-0.15, -0.1) is 0 Å². The molecule has 1 spiro atoms. The van der Waals surface area contributed by atoms with Gasteiger partial charge in [-0.05, 0) is 43.9 Å². The lowest BCUT2D eigenvalue weighted by molar-refractivity contribution is -0.130. The van der Waals surface area contributed by atoms with E-state index in [0.29, 0.717) is 11.7 Å². The molecule has 1 atom stereocenters. The third kappa shape index (κ3) is 4.19. The SMILES string of the molecule is Cn1nccc1C(=O)N1CCC2(CC1)C[C@@H](N1CCN(c3ccccn3)CC1)CCO2. The smallest absolute Gasteiger partial charge is 0.272 e. The average Bonchev–Trinajstić information content (AvgIpc) is 3.26. The van der Waals surface area contributed by atoms with Gasteiger partial charge in [0.25, 0.3) is 5.91 Å². The van der Waals surface area contributed by atoms with Gasteiger partial charge < -0.3 is 14.5 Å². The first kappa shape index (κ1) is 20.5. The number of hydrogen-bond donors (Lipinski definition) is 0. The molecule has 3 saturated heterocycles. The van der Waals surface area contributed by atoms with Gasteiger partial charge in [0.1, 0.15) is 11.5 Å². The summed E-state index contributed by atoms with van der Waals surface area (Å²) in [5.41, 5.74) is 0.578. The number of nitrogens with zero attached hydrogens (tertiary/aromatic N) is 6. The van der Waals surface area contributed by atoms with E-state index in [2.05, 4.69) is 32.0 Å². The Morgan fingerprint density at radius 3 is 2.55 bits per heavy atom. The second kappa shape index (κ2) is 8.59.